The quantitative estimate of drug-likeness (QED) is 0.775. The zero-order valence-corrected chi connectivity index (χ0v) is 17.3. The van der Waals surface area contributed by atoms with Crippen LogP contribution in [0.3, 0.4) is 0 Å². The van der Waals surface area contributed by atoms with Crippen LogP contribution in [0, 0.1) is 0 Å². The minimum atomic E-state index is -0.481. The number of amides is 1. The van der Waals surface area contributed by atoms with Crippen LogP contribution in [-0.2, 0) is 9.47 Å². The van der Waals surface area contributed by atoms with Crippen molar-refractivity contribution in [2.45, 2.75) is 57.5 Å². The fourth-order valence-electron chi connectivity index (χ4n) is 3.71. The van der Waals surface area contributed by atoms with Gasteiger partial charge in [0.2, 0.25) is 0 Å². The molecule has 2 aromatic rings. The maximum Gasteiger partial charge on any atom is 0.410 e. The predicted molar refractivity (Wildman–Crippen MR) is 105 cm³/mol. The Bertz CT molecular complexity index is 829. The van der Waals surface area contributed by atoms with Crippen molar-refractivity contribution in [3.8, 4) is 11.5 Å². The van der Waals surface area contributed by atoms with Crippen LogP contribution in [0.25, 0.3) is 11.5 Å². The largest absolute Gasteiger partial charge is 0.444 e. The van der Waals surface area contributed by atoms with E-state index in [1.807, 2.05) is 32.9 Å². The van der Waals surface area contributed by atoms with Crippen molar-refractivity contribution in [1.29, 1.82) is 0 Å². The van der Waals surface area contributed by atoms with E-state index in [0.717, 1.165) is 43.7 Å². The molecular formula is C21H28N4O4. The van der Waals surface area contributed by atoms with Crippen molar-refractivity contribution < 1.29 is 18.8 Å². The molecular weight excluding hydrogens is 372 g/mol. The van der Waals surface area contributed by atoms with E-state index < -0.39 is 5.60 Å². The summed E-state index contributed by atoms with van der Waals surface area (Å²) >= 11 is 0. The van der Waals surface area contributed by atoms with Gasteiger partial charge in [0, 0.05) is 43.4 Å². The fourth-order valence-corrected chi connectivity index (χ4v) is 3.71. The highest BCUT2D eigenvalue weighted by Crippen LogP contribution is 2.29. The molecule has 2 saturated heterocycles. The van der Waals surface area contributed by atoms with E-state index in [0.29, 0.717) is 30.7 Å². The molecule has 8 heteroatoms. The molecule has 0 saturated carbocycles. The first kappa shape index (κ1) is 19.8. The van der Waals surface area contributed by atoms with Crippen molar-refractivity contribution in [2.24, 2.45) is 0 Å². The first-order valence-electron chi connectivity index (χ1n) is 10.2. The summed E-state index contributed by atoms with van der Waals surface area (Å²) in [6, 6.07) is 3.99. The summed E-state index contributed by atoms with van der Waals surface area (Å²) in [5.74, 6) is 1.72. The zero-order chi connectivity index (χ0) is 20.4. The number of hydrogen-bond donors (Lipinski definition) is 0. The van der Waals surface area contributed by atoms with Crippen molar-refractivity contribution >= 4 is 6.09 Å². The highest BCUT2D eigenvalue weighted by Gasteiger charge is 2.30. The first-order chi connectivity index (χ1) is 13.9. The first-order valence-corrected chi connectivity index (χ1v) is 10.2. The van der Waals surface area contributed by atoms with Gasteiger partial charge in [-0.1, -0.05) is 5.16 Å². The van der Waals surface area contributed by atoms with Crippen LogP contribution < -0.4 is 0 Å². The fraction of sp³-hybridized carbons (Fsp3) is 0.619. The number of carbonyl (C=O) groups excluding carboxylic acids is 1. The normalized spacial score (nSPS) is 20.8. The summed E-state index contributed by atoms with van der Waals surface area (Å²) in [6.45, 7) is 8.42. The Morgan fingerprint density at radius 3 is 2.59 bits per heavy atom. The Hall–Kier alpha value is -2.48. The Labute approximate surface area is 170 Å². The third-order valence-corrected chi connectivity index (χ3v) is 5.33. The van der Waals surface area contributed by atoms with Crippen LogP contribution in [0.5, 0.6) is 0 Å². The van der Waals surface area contributed by atoms with Crippen LogP contribution >= 0.6 is 0 Å². The van der Waals surface area contributed by atoms with Gasteiger partial charge in [0.1, 0.15) is 5.60 Å². The Morgan fingerprint density at radius 2 is 1.97 bits per heavy atom. The number of piperidine rings is 1. The molecule has 0 bridgehead atoms. The summed E-state index contributed by atoms with van der Waals surface area (Å²) < 4.78 is 16.4. The van der Waals surface area contributed by atoms with E-state index in [9.17, 15) is 4.79 Å². The lowest BCUT2D eigenvalue weighted by atomic mass is 9.96. The molecule has 1 amide bonds. The van der Waals surface area contributed by atoms with E-state index in [2.05, 4.69) is 15.1 Å². The van der Waals surface area contributed by atoms with Gasteiger partial charge in [-0.05, 0) is 52.2 Å². The highest BCUT2D eigenvalue weighted by atomic mass is 16.6. The number of nitrogens with zero attached hydrogens (tertiary/aromatic N) is 4. The lowest BCUT2D eigenvalue weighted by Crippen LogP contribution is -2.41. The summed E-state index contributed by atoms with van der Waals surface area (Å²) in [7, 11) is 0. The Kier molecular flexibility index (Phi) is 5.54. The molecule has 4 rings (SSSR count). The lowest BCUT2D eigenvalue weighted by Gasteiger charge is -2.32. The summed E-state index contributed by atoms with van der Waals surface area (Å²) in [4.78, 5) is 23.1. The number of carbonyl (C=O) groups is 1. The smallest absolute Gasteiger partial charge is 0.410 e. The van der Waals surface area contributed by atoms with Crippen LogP contribution in [0.1, 0.15) is 63.4 Å². The molecule has 2 aliphatic rings. The Morgan fingerprint density at radius 1 is 1.17 bits per heavy atom. The average Bonchev–Trinajstić information content (AvgIpc) is 3.39. The average molecular weight is 400 g/mol. The van der Waals surface area contributed by atoms with E-state index in [1.165, 1.54) is 0 Å². The number of likely N-dealkylation sites (tertiary alicyclic amines) is 1. The van der Waals surface area contributed by atoms with Gasteiger partial charge >= 0.3 is 6.09 Å². The molecule has 1 unspecified atom stereocenters. The van der Waals surface area contributed by atoms with Gasteiger partial charge in [-0.15, -0.1) is 0 Å². The minimum Gasteiger partial charge on any atom is -0.444 e. The molecule has 0 N–H and O–H groups in total. The number of pyridine rings is 1. The van der Waals surface area contributed by atoms with Gasteiger partial charge in [-0.2, -0.15) is 4.98 Å². The van der Waals surface area contributed by atoms with E-state index >= 15 is 0 Å². The monoisotopic (exact) mass is 400 g/mol. The molecule has 4 heterocycles. The molecule has 2 aromatic heterocycles. The second kappa shape index (κ2) is 8.10. The Balaban J connectivity index is 1.35. The van der Waals surface area contributed by atoms with Crippen molar-refractivity contribution in [3.05, 3.63) is 29.8 Å². The molecule has 0 aromatic carbocycles. The van der Waals surface area contributed by atoms with Crippen molar-refractivity contribution in [3.63, 3.8) is 0 Å². The van der Waals surface area contributed by atoms with Crippen LogP contribution in [0.2, 0.25) is 0 Å². The second-order valence-electron chi connectivity index (χ2n) is 8.73. The lowest BCUT2D eigenvalue weighted by molar-refractivity contribution is 0.0203. The van der Waals surface area contributed by atoms with Gasteiger partial charge in [0.25, 0.3) is 5.89 Å². The van der Waals surface area contributed by atoms with Crippen LogP contribution in [0.4, 0.5) is 4.79 Å². The van der Waals surface area contributed by atoms with Gasteiger partial charge in [0.05, 0.1) is 12.2 Å². The number of aromatic nitrogens is 3. The van der Waals surface area contributed by atoms with Crippen molar-refractivity contribution in [2.75, 3.05) is 26.3 Å². The molecule has 2 aliphatic heterocycles. The third kappa shape index (κ3) is 4.75. The topological polar surface area (TPSA) is 90.6 Å². The summed E-state index contributed by atoms with van der Waals surface area (Å²) in [6.07, 6.45) is 4.12. The summed E-state index contributed by atoms with van der Waals surface area (Å²) in [5, 5.41) is 4.18. The van der Waals surface area contributed by atoms with Gasteiger partial charge in [-0.25, -0.2) is 4.79 Å². The molecule has 0 aliphatic carbocycles. The molecule has 0 spiro atoms. The summed E-state index contributed by atoms with van der Waals surface area (Å²) in [5.41, 5.74) is 1.38. The van der Waals surface area contributed by atoms with Gasteiger partial charge in [-0.3, -0.25) is 4.98 Å². The van der Waals surface area contributed by atoms with E-state index in [4.69, 9.17) is 14.0 Å². The number of rotatable bonds is 3. The molecule has 8 nitrogen and oxygen atoms in total. The van der Waals surface area contributed by atoms with Crippen LogP contribution in [-0.4, -0.2) is 58.0 Å². The molecule has 2 fully saturated rings. The maximum atomic E-state index is 12.2. The molecule has 156 valence electrons. The predicted octanol–water partition coefficient (Wildman–Crippen LogP) is 3.75. The molecule has 0 radical (unpaired) electrons. The van der Waals surface area contributed by atoms with Gasteiger partial charge in [0.15, 0.2) is 5.82 Å². The van der Waals surface area contributed by atoms with E-state index in [-0.39, 0.29) is 12.0 Å². The van der Waals surface area contributed by atoms with E-state index in [1.54, 1.807) is 11.1 Å². The van der Waals surface area contributed by atoms with Crippen LogP contribution in [0.15, 0.2) is 22.9 Å². The van der Waals surface area contributed by atoms with Gasteiger partial charge < -0.3 is 18.9 Å². The third-order valence-electron chi connectivity index (χ3n) is 5.33. The molecule has 1 atom stereocenters. The zero-order valence-electron chi connectivity index (χ0n) is 17.3. The standard InChI is InChI=1S/C21H28N4O4/c1-21(2,3)28-20(26)25-9-6-14(7-10-25)18-23-19(29-24-18)15-4-5-17(22-12-15)16-8-11-27-13-16/h4-5,12,14,16H,6-11,13H2,1-3H3. The number of hydrogen-bond acceptors (Lipinski definition) is 7. The number of ether oxygens (including phenoxy) is 2. The minimum absolute atomic E-state index is 0.175. The maximum absolute atomic E-state index is 12.2. The SMILES string of the molecule is CC(C)(C)OC(=O)N1CCC(c2noc(-c3ccc(C4CCOC4)nc3)n2)CC1. The second-order valence-corrected chi connectivity index (χ2v) is 8.73. The molecule has 29 heavy (non-hydrogen) atoms. The highest BCUT2D eigenvalue weighted by molar-refractivity contribution is 5.68. The van der Waals surface area contributed by atoms with Crippen molar-refractivity contribution in [1.82, 2.24) is 20.0 Å².